The molecule has 2 fully saturated rings. The summed E-state index contributed by atoms with van der Waals surface area (Å²) >= 11 is 1.46. The summed E-state index contributed by atoms with van der Waals surface area (Å²) in [5.74, 6) is 0.805. The van der Waals surface area contributed by atoms with Gasteiger partial charge >= 0.3 is 0 Å². The predicted octanol–water partition coefficient (Wildman–Crippen LogP) is 3.89. The smallest absolute Gasteiger partial charge is 0.275 e. The van der Waals surface area contributed by atoms with Crippen molar-refractivity contribution >= 4 is 34.4 Å². The van der Waals surface area contributed by atoms with Gasteiger partial charge in [0.05, 0.1) is 13.2 Å². The quantitative estimate of drug-likeness (QED) is 0.656. The third-order valence-corrected chi connectivity index (χ3v) is 6.55. The van der Waals surface area contributed by atoms with Gasteiger partial charge in [0.1, 0.15) is 16.5 Å². The van der Waals surface area contributed by atoms with Crippen LogP contribution in [0.15, 0.2) is 48.0 Å². The first-order chi connectivity index (χ1) is 15.3. The van der Waals surface area contributed by atoms with E-state index in [0.717, 1.165) is 67.2 Å². The molecule has 0 aliphatic carbocycles. The number of carbonyl (C=O) groups is 1. The first kappa shape index (κ1) is 20.0. The van der Waals surface area contributed by atoms with Crippen LogP contribution in [-0.4, -0.2) is 55.3 Å². The third kappa shape index (κ3) is 4.55. The summed E-state index contributed by atoms with van der Waals surface area (Å²) in [7, 11) is 0. The third-order valence-electron chi connectivity index (χ3n) is 5.66. The molecule has 0 atom stereocenters. The fourth-order valence-corrected chi connectivity index (χ4v) is 4.72. The van der Waals surface area contributed by atoms with Gasteiger partial charge in [-0.05, 0) is 49.2 Å². The number of morpholine rings is 1. The molecule has 1 aromatic carbocycles. The normalized spacial score (nSPS) is 16.5. The standard InChI is InChI=1S/C23H25N5O2S/c29-22(25-18-4-6-19(7-5-18)27-11-13-30-14-12-27)20-16-31-23(26-20)17-3-8-21(24-15-17)28-9-1-2-10-28/h3-8,15-16H,1-2,9-14H2,(H,25,29). The summed E-state index contributed by atoms with van der Waals surface area (Å²) in [4.78, 5) is 26.4. The number of pyridine rings is 1. The Hall–Kier alpha value is -2.97. The van der Waals surface area contributed by atoms with E-state index in [-0.39, 0.29) is 5.91 Å². The Balaban J connectivity index is 1.22. The van der Waals surface area contributed by atoms with Gasteiger partial charge in [-0.3, -0.25) is 4.79 Å². The average Bonchev–Trinajstić information content (AvgIpc) is 3.53. The minimum atomic E-state index is -0.205. The number of anilines is 3. The van der Waals surface area contributed by atoms with Crippen molar-refractivity contribution in [3.8, 4) is 10.6 Å². The van der Waals surface area contributed by atoms with Crippen LogP contribution in [0.3, 0.4) is 0 Å². The van der Waals surface area contributed by atoms with Crippen molar-refractivity contribution < 1.29 is 9.53 Å². The predicted molar refractivity (Wildman–Crippen MR) is 124 cm³/mol. The molecule has 0 spiro atoms. The van der Waals surface area contributed by atoms with E-state index in [0.29, 0.717) is 5.69 Å². The molecule has 2 aliphatic heterocycles. The lowest BCUT2D eigenvalue weighted by Crippen LogP contribution is -2.36. The maximum Gasteiger partial charge on any atom is 0.275 e. The van der Waals surface area contributed by atoms with Gasteiger partial charge in [-0.2, -0.15) is 0 Å². The van der Waals surface area contributed by atoms with Crippen molar-refractivity contribution in [3.63, 3.8) is 0 Å². The van der Waals surface area contributed by atoms with Crippen molar-refractivity contribution in [2.45, 2.75) is 12.8 Å². The van der Waals surface area contributed by atoms with E-state index in [4.69, 9.17) is 4.74 Å². The highest BCUT2D eigenvalue weighted by molar-refractivity contribution is 7.13. The van der Waals surface area contributed by atoms with E-state index in [1.807, 2.05) is 42.6 Å². The van der Waals surface area contributed by atoms with Crippen LogP contribution in [-0.2, 0) is 4.74 Å². The van der Waals surface area contributed by atoms with Crippen molar-refractivity contribution in [1.82, 2.24) is 9.97 Å². The van der Waals surface area contributed by atoms with Crippen molar-refractivity contribution in [1.29, 1.82) is 0 Å². The number of hydrogen-bond donors (Lipinski definition) is 1. The van der Waals surface area contributed by atoms with E-state index < -0.39 is 0 Å². The zero-order valence-electron chi connectivity index (χ0n) is 17.3. The minimum absolute atomic E-state index is 0.205. The summed E-state index contributed by atoms with van der Waals surface area (Å²) in [5, 5.41) is 5.53. The molecule has 4 heterocycles. The number of aromatic nitrogens is 2. The molecule has 0 unspecified atom stereocenters. The lowest BCUT2D eigenvalue weighted by molar-refractivity contribution is 0.102. The maximum atomic E-state index is 12.7. The number of nitrogens with zero attached hydrogens (tertiary/aromatic N) is 4. The summed E-state index contributed by atoms with van der Waals surface area (Å²) in [6.45, 7) is 5.42. The van der Waals surface area contributed by atoms with Crippen LogP contribution in [0.25, 0.3) is 10.6 Å². The molecule has 2 saturated heterocycles. The second-order valence-corrected chi connectivity index (χ2v) is 8.60. The van der Waals surface area contributed by atoms with Crippen LogP contribution in [0, 0.1) is 0 Å². The monoisotopic (exact) mass is 435 g/mol. The molecule has 8 heteroatoms. The Bertz CT molecular complexity index is 1020. The molecular weight excluding hydrogens is 410 g/mol. The first-order valence-electron chi connectivity index (χ1n) is 10.7. The van der Waals surface area contributed by atoms with Crippen molar-refractivity contribution in [2.24, 2.45) is 0 Å². The van der Waals surface area contributed by atoms with Gasteiger partial charge in [0.2, 0.25) is 0 Å². The Morgan fingerprint density at radius 1 is 0.968 bits per heavy atom. The largest absolute Gasteiger partial charge is 0.378 e. The Kier molecular flexibility index (Phi) is 5.82. The molecule has 0 bridgehead atoms. The van der Waals surface area contributed by atoms with Crippen molar-refractivity contribution in [2.75, 3.05) is 54.5 Å². The number of nitrogens with one attached hydrogen (secondary N) is 1. The van der Waals surface area contributed by atoms with Crippen molar-refractivity contribution in [3.05, 3.63) is 53.7 Å². The maximum absolute atomic E-state index is 12.7. The molecule has 0 radical (unpaired) electrons. The van der Waals surface area contributed by atoms with Gasteiger partial charge in [0.25, 0.3) is 5.91 Å². The van der Waals surface area contributed by atoms with Gasteiger partial charge in [-0.15, -0.1) is 11.3 Å². The van der Waals surface area contributed by atoms with E-state index in [1.54, 1.807) is 5.38 Å². The number of carbonyl (C=O) groups excluding carboxylic acids is 1. The molecule has 1 amide bonds. The summed E-state index contributed by atoms with van der Waals surface area (Å²) in [6.07, 6.45) is 4.30. The lowest BCUT2D eigenvalue weighted by atomic mass is 10.2. The van der Waals surface area contributed by atoms with Gasteiger partial charge in [0, 0.05) is 54.7 Å². The number of ether oxygens (including phenoxy) is 1. The topological polar surface area (TPSA) is 70.6 Å². The summed E-state index contributed by atoms with van der Waals surface area (Å²) in [5.41, 5.74) is 3.25. The zero-order chi connectivity index (χ0) is 21.0. The molecule has 1 N–H and O–H groups in total. The fourth-order valence-electron chi connectivity index (χ4n) is 3.93. The first-order valence-corrected chi connectivity index (χ1v) is 11.6. The molecule has 0 saturated carbocycles. The molecule has 2 aromatic heterocycles. The Morgan fingerprint density at radius 3 is 2.45 bits per heavy atom. The number of hydrogen-bond acceptors (Lipinski definition) is 7. The molecule has 2 aliphatic rings. The van der Waals surface area contributed by atoms with E-state index in [1.165, 1.54) is 24.2 Å². The SMILES string of the molecule is O=C(Nc1ccc(N2CCOCC2)cc1)c1csc(-c2ccc(N3CCCC3)nc2)n1. The Morgan fingerprint density at radius 2 is 1.74 bits per heavy atom. The van der Waals surface area contributed by atoms with Crippen LogP contribution in [0.5, 0.6) is 0 Å². The fraction of sp³-hybridized carbons (Fsp3) is 0.348. The summed E-state index contributed by atoms with van der Waals surface area (Å²) < 4.78 is 5.40. The van der Waals surface area contributed by atoms with Gasteiger partial charge < -0.3 is 19.9 Å². The van der Waals surface area contributed by atoms with Crippen LogP contribution < -0.4 is 15.1 Å². The number of thiazole rings is 1. The highest BCUT2D eigenvalue weighted by Crippen LogP contribution is 2.26. The van der Waals surface area contributed by atoms with Crippen LogP contribution in [0.2, 0.25) is 0 Å². The zero-order valence-corrected chi connectivity index (χ0v) is 18.1. The highest BCUT2D eigenvalue weighted by Gasteiger charge is 2.16. The van der Waals surface area contributed by atoms with Gasteiger partial charge in [-0.25, -0.2) is 9.97 Å². The van der Waals surface area contributed by atoms with Gasteiger partial charge in [0.15, 0.2) is 0 Å². The van der Waals surface area contributed by atoms with Crippen LogP contribution >= 0.6 is 11.3 Å². The lowest BCUT2D eigenvalue weighted by Gasteiger charge is -2.28. The second-order valence-electron chi connectivity index (χ2n) is 7.74. The molecular formula is C23H25N5O2S. The summed E-state index contributed by atoms with van der Waals surface area (Å²) in [6, 6.07) is 12.0. The van der Waals surface area contributed by atoms with Crippen LogP contribution in [0.4, 0.5) is 17.2 Å². The second kappa shape index (κ2) is 9.03. The Labute approximate surface area is 185 Å². The number of benzene rings is 1. The molecule has 160 valence electrons. The van der Waals surface area contributed by atoms with E-state index in [2.05, 4.69) is 25.1 Å². The average molecular weight is 436 g/mol. The highest BCUT2D eigenvalue weighted by atomic mass is 32.1. The van der Waals surface area contributed by atoms with E-state index >= 15 is 0 Å². The van der Waals surface area contributed by atoms with Crippen LogP contribution in [0.1, 0.15) is 23.3 Å². The molecule has 31 heavy (non-hydrogen) atoms. The van der Waals surface area contributed by atoms with Gasteiger partial charge in [-0.1, -0.05) is 0 Å². The van der Waals surface area contributed by atoms with E-state index in [9.17, 15) is 4.79 Å². The molecule has 7 nitrogen and oxygen atoms in total. The number of amides is 1. The minimum Gasteiger partial charge on any atom is -0.378 e. The molecule has 3 aromatic rings. The molecule has 5 rings (SSSR count). The number of rotatable bonds is 5.